The molecule has 0 rings (SSSR count). The van der Waals surface area contributed by atoms with Crippen molar-refractivity contribution in [2.75, 3.05) is 13.7 Å². The van der Waals surface area contributed by atoms with E-state index in [1.165, 1.54) is 0 Å². The minimum atomic E-state index is -2.10. The first-order chi connectivity index (χ1) is 7.36. The Morgan fingerprint density at radius 2 is 1.50 bits per heavy atom. The van der Waals surface area contributed by atoms with Crippen molar-refractivity contribution < 1.29 is 39.9 Å². The van der Waals surface area contributed by atoms with Crippen LogP contribution >= 0.6 is 0 Å². The maximum atomic E-state index is 10.8. The first kappa shape index (κ1) is 14.9. The number of esters is 1. The Balaban J connectivity index is 4.54. The summed E-state index contributed by atoms with van der Waals surface area (Å²) in [6, 6.07) is 0. The molecule has 0 aliphatic rings. The zero-order chi connectivity index (χ0) is 12.9. The lowest BCUT2D eigenvalue weighted by atomic mass is 10.0. The van der Waals surface area contributed by atoms with Crippen LogP contribution in [-0.4, -0.2) is 75.4 Å². The molecule has 0 amide bonds. The Bertz CT molecular complexity index is 226. The van der Waals surface area contributed by atoms with Crippen LogP contribution in [0.4, 0.5) is 0 Å². The normalized spacial score (nSPS) is 18.4. The minimum Gasteiger partial charge on any atom is -0.467 e. The molecule has 0 bridgehead atoms. The van der Waals surface area contributed by atoms with Gasteiger partial charge in [0.15, 0.2) is 11.9 Å². The summed E-state index contributed by atoms with van der Waals surface area (Å²) in [7, 11) is 0.944. The zero-order valence-electron chi connectivity index (χ0n) is 8.48. The van der Waals surface area contributed by atoms with Gasteiger partial charge in [0.2, 0.25) is 0 Å². The fourth-order valence-corrected chi connectivity index (χ4v) is 0.918. The largest absolute Gasteiger partial charge is 0.467 e. The van der Waals surface area contributed by atoms with E-state index in [4.69, 9.17) is 15.3 Å². The number of carbonyl (C=O) groups excluding carboxylic acids is 2. The molecule has 4 atom stereocenters. The van der Waals surface area contributed by atoms with Crippen molar-refractivity contribution in [2.45, 2.75) is 24.4 Å². The molecule has 0 heterocycles. The van der Waals surface area contributed by atoms with Crippen LogP contribution < -0.4 is 0 Å². The van der Waals surface area contributed by atoms with Gasteiger partial charge in [0.1, 0.15) is 24.9 Å². The summed E-state index contributed by atoms with van der Waals surface area (Å²) < 4.78 is 4.07. The van der Waals surface area contributed by atoms with Crippen molar-refractivity contribution in [3.8, 4) is 0 Å². The molecular formula is C8H14O8. The summed E-state index contributed by atoms with van der Waals surface area (Å²) in [6.45, 7) is -1.04. The molecule has 8 nitrogen and oxygen atoms in total. The zero-order valence-corrected chi connectivity index (χ0v) is 8.48. The molecule has 4 unspecified atom stereocenters. The highest BCUT2D eigenvalue weighted by molar-refractivity contribution is 5.84. The van der Waals surface area contributed by atoms with Crippen LogP contribution in [0, 0.1) is 0 Å². The molecule has 5 N–H and O–H groups in total. The summed E-state index contributed by atoms with van der Waals surface area (Å²) in [4.78, 5) is 21.5. The van der Waals surface area contributed by atoms with Gasteiger partial charge in [-0.2, -0.15) is 0 Å². The molecule has 0 spiro atoms. The Morgan fingerprint density at radius 3 is 1.88 bits per heavy atom. The quantitative estimate of drug-likeness (QED) is 0.296. The first-order valence-electron chi connectivity index (χ1n) is 4.30. The molecule has 0 fully saturated rings. The average molecular weight is 238 g/mol. The van der Waals surface area contributed by atoms with Crippen molar-refractivity contribution in [1.82, 2.24) is 0 Å². The number of aliphatic hydroxyl groups excluding tert-OH is 5. The number of rotatable bonds is 6. The van der Waals surface area contributed by atoms with E-state index >= 15 is 0 Å². The van der Waals surface area contributed by atoms with Gasteiger partial charge in [0, 0.05) is 0 Å². The summed E-state index contributed by atoms with van der Waals surface area (Å²) in [5, 5.41) is 45.0. The van der Waals surface area contributed by atoms with Crippen LogP contribution in [0.3, 0.4) is 0 Å². The molecule has 0 aliphatic carbocycles. The van der Waals surface area contributed by atoms with Crippen molar-refractivity contribution in [2.24, 2.45) is 0 Å². The summed E-state index contributed by atoms with van der Waals surface area (Å²) in [5.74, 6) is -2.38. The number of methoxy groups -OCH3 is 1. The van der Waals surface area contributed by atoms with Gasteiger partial charge in [-0.3, -0.25) is 4.79 Å². The number of hydrogen-bond donors (Lipinski definition) is 5. The van der Waals surface area contributed by atoms with Crippen LogP contribution in [0.1, 0.15) is 0 Å². The molecule has 0 saturated carbocycles. The molecule has 0 radical (unpaired) electrons. The average Bonchev–Trinajstić information content (AvgIpc) is 2.32. The molecule has 0 aromatic heterocycles. The van der Waals surface area contributed by atoms with Crippen molar-refractivity contribution in [3.63, 3.8) is 0 Å². The second kappa shape index (κ2) is 6.51. The van der Waals surface area contributed by atoms with E-state index in [0.717, 1.165) is 7.11 Å². The predicted molar refractivity (Wildman–Crippen MR) is 48.1 cm³/mol. The number of aliphatic hydroxyl groups is 5. The van der Waals surface area contributed by atoms with E-state index < -0.39 is 42.8 Å². The van der Waals surface area contributed by atoms with Gasteiger partial charge in [-0.15, -0.1) is 0 Å². The fraction of sp³-hybridized carbons (Fsp3) is 0.750. The van der Waals surface area contributed by atoms with Crippen LogP contribution in [0.25, 0.3) is 0 Å². The third-order valence-corrected chi connectivity index (χ3v) is 1.93. The van der Waals surface area contributed by atoms with Crippen LogP contribution in [0.2, 0.25) is 0 Å². The molecule has 0 aromatic carbocycles. The standard InChI is InChI=1S/C8H14O8/c1-16-8(15)7(14)6(13)5(12)4(11)3(10)2-9/h4-7,9,11-14H,2H2,1H3. The van der Waals surface area contributed by atoms with E-state index in [9.17, 15) is 19.8 Å². The SMILES string of the molecule is COC(=O)C(O)C(O)C(O)C(O)C(=O)CO. The van der Waals surface area contributed by atoms with Gasteiger partial charge < -0.3 is 30.3 Å². The summed E-state index contributed by atoms with van der Waals surface area (Å²) in [6.07, 6.45) is -8.40. The highest BCUT2D eigenvalue weighted by Gasteiger charge is 2.37. The highest BCUT2D eigenvalue weighted by Crippen LogP contribution is 2.07. The van der Waals surface area contributed by atoms with Gasteiger partial charge in [-0.25, -0.2) is 4.79 Å². The monoisotopic (exact) mass is 238 g/mol. The van der Waals surface area contributed by atoms with Crippen molar-refractivity contribution in [3.05, 3.63) is 0 Å². The second-order valence-corrected chi connectivity index (χ2v) is 3.02. The number of ketones is 1. The predicted octanol–water partition coefficient (Wildman–Crippen LogP) is -3.84. The molecule has 94 valence electrons. The number of ether oxygens (including phenoxy) is 1. The van der Waals surface area contributed by atoms with E-state index in [0.29, 0.717) is 0 Å². The van der Waals surface area contributed by atoms with Crippen LogP contribution in [0.15, 0.2) is 0 Å². The Labute approximate surface area is 90.7 Å². The number of carbonyl (C=O) groups is 2. The fourth-order valence-electron chi connectivity index (χ4n) is 0.918. The van der Waals surface area contributed by atoms with E-state index in [-0.39, 0.29) is 0 Å². The van der Waals surface area contributed by atoms with Gasteiger partial charge in [0.05, 0.1) is 7.11 Å². The Hall–Kier alpha value is -1.06. The third kappa shape index (κ3) is 3.51. The van der Waals surface area contributed by atoms with Gasteiger partial charge >= 0.3 is 5.97 Å². The van der Waals surface area contributed by atoms with Gasteiger partial charge in [-0.05, 0) is 0 Å². The maximum absolute atomic E-state index is 10.8. The molecular weight excluding hydrogens is 224 g/mol. The first-order valence-corrected chi connectivity index (χ1v) is 4.30. The third-order valence-electron chi connectivity index (χ3n) is 1.93. The molecule has 0 saturated heterocycles. The lowest BCUT2D eigenvalue weighted by Gasteiger charge is -2.23. The topological polar surface area (TPSA) is 145 Å². The summed E-state index contributed by atoms with van der Waals surface area (Å²) in [5.41, 5.74) is 0. The van der Waals surface area contributed by atoms with E-state index in [1.807, 2.05) is 0 Å². The second-order valence-electron chi connectivity index (χ2n) is 3.02. The van der Waals surface area contributed by atoms with Crippen LogP contribution in [0.5, 0.6) is 0 Å². The van der Waals surface area contributed by atoms with E-state index in [1.54, 1.807) is 0 Å². The summed E-state index contributed by atoms with van der Waals surface area (Å²) >= 11 is 0. The van der Waals surface area contributed by atoms with Gasteiger partial charge in [-0.1, -0.05) is 0 Å². The Kier molecular flexibility index (Phi) is 6.08. The van der Waals surface area contributed by atoms with Crippen molar-refractivity contribution >= 4 is 11.8 Å². The highest BCUT2D eigenvalue weighted by atomic mass is 16.5. The number of Topliss-reactive ketones (excluding diaryl/α,β-unsaturated/α-hetero) is 1. The van der Waals surface area contributed by atoms with E-state index in [2.05, 4.69) is 4.74 Å². The molecule has 16 heavy (non-hydrogen) atoms. The molecule has 0 aromatic rings. The van der Waals surface area contributed by atoms with Gasteiger partial charge in [0.25, 0.3) is 0 Å². The maximum Gasteiger partial charge on any atom is 0.337 e. The van der Waals surface area contributed by atoms with Crippen LogP contribution in [-0.2, 0) is 14.3 Å². The minimum absolute atomic E-state index is 0.944. The smallest absolute Gasteiger partial charge is 0.337 e. The molecule has 8 heteroatoms. The Morgan fingerprint density at radius 1 is 1.06 bits per heavy atom. The molecule has 0 aliphatic heterocycles. The number of hydrogen-bond acceptors (Lipinski definition) is 8. The van der Waals surface area contributed by atoms with Crippen molar-refractivity contribution in [1.29, 1.82) is 0 Å². The lowest BCUT2D eigenvalue weighted by molar-refractivity contribution is -0.169. The lowest BCUT2D eigenvalue weighted by Crippen LogP contribution is -2.50.